The van der Waals surface area contributed by atoms with Crippen LogP contribution >= 0.6 is 27.7 Å². The van der Waals surface area contributed by atoms with E-state index in [1.165, 1.54) is 11.8 Å². The molecule has 0 aliphatic carbocycles. The van der Waals surface area contributed by atoms with Crippen LogP contribution in [0.1, 0.15) is 6.92 Å². The molecule has 0 spiro atoms. The fourth-order valence-corrected chi connectivity index (χ4v) is 4.29. The highest BCUT2D eigenvalue weighted by atomic mass is 79.9. The smallest absolute Gasteiger partial charge is 0.262 e. The molecular weight excluding hydrogens is 454 g/mol. The van der Waals surface area contributed by atoms with E-state index in [-0.39, 0.29) is 11.5 Å². The molecular formula is C21H22BrN3O3S. The molecule has 0 aliphatic rings. The molecule has 0 bridgehead atoms. The number of hydrogen-bond donors (Lipinski definition) is 0. The van der Waals surface area contributed by atoms with E-state index in [0.29, 0.717) is 29.2 Å². The maximum absolute atomic E-state index is 13.1. The monoisotopic (exact) mass is 475 g/mol. The Morgan fingerprint density at radius 2 is 2.00 bits per heavy atom. The second-order valence-corrected chi connectivity index (χ2v) is 8.72. The lowest BCUT2D eigenvalue weighted by atomic mass is 10.2. The van der Waals surface area contributed by atoms with Crippen LogP contribution in [-0.4, -0.2) is 41.5 Å². The van der Waals surface area contributed by atoms with Gasteiger partial charge in [-0.15, -0.1) is 0 Å². The molecule has 2 aromatic carbocycles. The first-order valence-corrected chi connectivity index (χ1v) is 10.8. The standard InChI is InChI=1S/C21H22BrN3O3S/c1-14(19(26)24(2)16-7-5-4-6-8-16)29-21-23-18-10-9-15(22)13-17(18)20(27)25(21)11-12-28-3/h4-10,13-14H,11-12H2,1-3H3. The van der Waals surface area contributed by atoms with E-state index in [2.05, 4.69) is 20.9 Å². The molecule has 0 aliphatic heterocycles. The Morgan fingerprint density at radius 1 is 1.28 bits per heavy atom. The van der Waals surface area contributed by atoms with Gasteiger partial charge in [0.2, 0.25) is 5.91 Å². The zero-order valence-corrected chi connectivity index (χ0v) is 18.9. The number of methoxy groups -OCH3 is 1. The average molecular weight is 476 g/mol. The van der Waals surface area contributed by atoms with Crippen molar-refractivity contribution >= 4 is 50.2 Å². The molecule has 152 valence electrons. The molecule has 0 radical (unpaired) electrons. The van der Waals surface area contributed by atoms with E-state index in [1.807, 2.05) is 43.3 Å². The van der Waals surface area contributed by atoms with E-state index in [0.717, 1.165) is 10.2 Å². The fourth-order valence-electron chi connectivity index (χ4n) is 2.90. The molecule has 0 saturated carbocycles. The van der Waals surface area contributed by atoms with Gasteiger partial charge in [-0.3, -0.25) is 14.2 Å². The quantitative estimate of drug-likeness (QED) is 0.382. The molecule has 1 aromatic heterocycles. The van der Waals surface area contributed by atoms with Gasteiger partial charge in [0.15, 0.2) is 5.16 Å². The maximum atomic E-state index is 13.1. The largest absolute Gasteiger partial charge is 0.383 e. The van der Waals surface area contributed by atoms with Gasteiger partial charge in [0, 0.05) is 24.3 Å². The van der Waals surface area contributed by atoms with Crippen LogP contribution in [0.3, 0.4) is 0 Å². The SMILES string of the molecule is COCCn1c(SC(C)C(=O)N(C)c2ccccc2)nc2ccc(Br)cc2c1=O. The lowest BCUT2D eigenvalue weighted by Gasteiger charge is -2.22. The fraction of sp³-hybridized carbons (Fsp3) is 0.286. The number of thioether (sulfide) groups is 1. The van der Waals surface area contributed by atoms with Crippen LogP contribution in [0.4, 0.5) is 5.69 Å². The van der Waals surface area contributed by atoms with Crippen LogP contribution in [0, 0.1) is 0 Å². The molecule has 29 heavy (non-hydrogen) atoms. The van der Waals surface area contributed by atoms with Crippen LogP contribution in [-0.2, 0) is 16.1 Å². The molecule has 0 N–H and O–H groups in total. The average Bonchev–Trinajstić information content (AvgIpc) is 2.73. The van der Waals surface area contributed by atoms with Gasteiger partial charge in [-0.05, 0) is 37.3 Å². The van der Waals surface area contributed by atoms with Crippen molar-refractivity contribution in [3.8, 4) is 0 Å². The van der Waals surface area contributed by atoms with Gasteiger partial charge in [-0.25, -0.2) is 4.98 Å². The predicted octanol–water partition coefficient (Wildman–Crippen LogP) is 3.95. The van der Waals surface area contributed by atoms with Crippen LogP contribution < -0.4 is 10.5 Å². The zero-order chi connectivity index (χ0) is 21.0. The number of carbonyl (C=O) groups excluding carboxylic acids is 1. The van der Waals surface area contributed by atoms with Crippen LogP contribution in [0.2, 0.25) is 0 Å². The summed E-state index contributed by atoms with van der Waals surface area (Å²) in [6, 6.07) is 14.9. The van der Waals surface area contributed by atoms with Crippen molar-refractivity contribution in [3.05, 3.63) is 63.4 Å². The highest BCUT2D eigenvalue weighted by molar-refractivity contribution is 9.10. The summed E-state index contributed by atoms with van der Waals surface area (Å²) in [4.78, 5) is 32.3. The molecule has 1 amide bonds. The van der Waals surface area contributed by atoms with E-state index in [9.17, 15) is 9.59 Å². The van der Waals surface area contributed by atoms with Gasteiger partial charge in [0.25, 0.3) is 5.56 Å². The topological polar surface area (TPSA) is 64.4 Å². The summed E-state index contributed by atoms with van der Waals surface area (Å²) in [5, 5.41) is 0.609. The van der Waals surface area contributed by atoms with Crippen molar-refractivity contribution in [1.29, 1.82) is 0 Å². The molecule has 6 nitrogen and oxygen atoms in total. The highest BCUT2D eigenvalue weighted by Gasteiger charge is 2.23. The first-order valence-electron chi connectivity index (χ1n) is 9.10. The summed E-state index contributed by atoms with van der Waals surface area (Å²) in [6.07, 6.45) is 0. The van der Waals surface area contributed by atoms with Crippen LogP contribution in [0.15, 0.2) is 63.0 Å². The summed E-state index contributed by atoms with van der Waals surface area (Å²) in [5.74, 6) is -0.0651. The summed E-state index contributed by atoms with van der Waals surface area (Å²) in [5.41, 5.74) is 1.27. The number of benzene rings is 2. The predicted molar refractivity (Wildman–Crippen MR) is 121 cm³/mol. The third-order valence-electron chi connectivity index (χ3n) is 4.50. The van der Waals surface area contributed by atoms with Gasteiger partial charge < -0.3 is 9.64 Å². The lowest BCUT2D eigenvalue weighted by Crippen LogP contribution is -2.34. The first kappa shape index (κ1) is 21.5. The van der Waals surface area contributed by atoms with E-state index in [1.54, 1.807) is 35.8 Å². The van der Waals surface area contributed by atoms with Gasteiger partial charge >= 0.3 is 0 Å². The number of halogens is 1. The number of carbonyl (C=O) groups is 1. The second kappa shape index (κ2) is 9.56. The van der Waals surface area contributed by atoms with Gasteiger partial charge in [-0.1, -0.05) is 45.9 Å². The summed E-state index contributed by atoms with van der Waals surface area (Å²) < 4.78 is 7.55. The molecule has 1 atom stereocenters. The molecule has 0 fully saturated rings. The Labute approximate surface area is 182 Å². The van der Waals surface area contributed by atoms with Crippen molar-refractivity contribution in [1.82, 2.24) is 9.55 Å². The number of amides is 1. The summed E-state index contributed by atoms with van der Waals surface area (Å²) >= 11 is 4.68. The molecule has 1 unspecified atom stereocenters. The maximum Gasteiger partial charge on any atom is 0.262 e. The van der Waals surface area contributed by atoms with Gasteiger partial charge in [0.1, 0.15) is 0 Å². The number of rotatable bonds is 7. The van der Waals surface area contributed by atoms with E-state index >= 15 is 0 Å². The molecule has 0 saturated heterocycles. The Bertz CT molecular complexity index is 1070. The minimum atomic E-state index is -0.422. The molecule has 1 heterocycles. The minimum Gasteiger partial charge on any atom is -0.383 e. The van der Waals surface area contributed by atoms with Crippen LogP contribution in [0.5, 0.6) is 0 Å². The Hall–Kier alpha value is -2.16. The van der Waals surface area contributed by atoms with Crippen molar-refractivity contribution in [2.24, 2.45) is 0 Å². The van der Waals surface area contributed by atoms with Crippen molar-refractivity contribution in [3.63, 3.8) is 0 Å². The summed E-state index contributed by atoms with van der Waals surface area (Å²) in [7, 11) is 3.34. The number of nitrogens with zero attached hydrogens (tertiary/aromatic N) is 3. The number of anilines is 1. The highest BCUT2D eigenvalue weighted by Crippen LogP contribution is 2.26. The van der Waals surface area contributed by atoms with Crippen LogP contribution in [0.25, 0.3) is 10.9 Å². The number of fused-ring (bicyclic) bond motifs is 1. The third-order valence-corrected chi connectivity index (χ3v) is 6.08. The first-order chi connectivity index (χ1) is 13.9. The van der Waals surface area contributed by atoms with Gasteiger partial charge in [0.05, 0.1) is 29.3 Å². The van der Waals surface area contributed by atoms with E-state index in [4.69, 9.17) is 4.74 Å². The Kier molecular flexibility index (Phi) is 7.10. The molecule has 3 aromatic rings. The zero-order valence-electron chi connectivity index (χ0n) is 16.5. The Balaban J connectivity index is 1.94. The van der Waals surface area contributed by atoms with Crippen molar-refractivity contribution in [2.45, 2.75) is 23.9 Å². The summed E-state index contributed by atoms with van der Waals surface area (Å²) in [6.45, 7) is 2.56. The van der Waals surface area contributed by atoms with Crippen molar-refractivity contribution in [2.75, 3.05) is 25.7 Å². The number of para-hydroxylation sites is 1. The normalized spacial score (nSPS) is 12.1. The van der Waals surface area contributed by atoms with Crippen molar-refractivity contribution < 1.29 is 9.53 Å². The number of aromatic nitrogens is 2. The van der Waals surface area contributed by atoms with E-state index < -0.39 is 5.25 Å². The molecule has 8 heteroatoms. The Morgan fingerprint density at radius 3 is 2.69 bits per heavy atom. The third kappa shape index (κ3) is 4.88. The lowest BCUT2D eigenvalue weighted by molar-refractivity contribution is -0.117. The van der Waals surface area contributed by atoms with Gasteiger partial charge in [-0.2, -0.15) is 0 Å². The number of ether oxygens (including phenoxy) is 1. The molecule has 3 rings (SSSR count). The number of hydrogen-bond acceptors (Lipinski definition) is 5. The minimum absolute atomic E-state index is 0.0651. The second-order valence-electron chi connectivity index (χ2n) is 6.50.